The Morgan fingerprint density at radius 3 is 2.74 bits per heavy atom. The number of primary amides is 1. The molecule has 1 aromatic rings. The summed E-state index contributed by atoms with van der Waals surface area (Å²) in [6.07, 6.45) is 0.759. The second-order valence-electron chi connectivity index (χ2n) is 4.20. The number of halogens is 1. The molecular formula is C11H16ClN3O3S. The van der Waals surface area contributed by atoms with Gasteiger partial charge in [0.25, 0.3) is 0 Å². The Bertz CT molecular complexity index is 556. The van der Waals surface area contributed by atoms with Gasteiger partial charge in [0.05, 0.1) is 4.90 Å². The minimum absolute atomic E-state index is 0. The first-order chi connectivity index (χ1) is 8.49. The van der Waals surface area contributed by atoms with Gasteiger partial charge in [0, 0.05) is 18.2 Å². The van der Waals surface area contributed by atoms with Gasteiger partial charge < -0.3 is 11.1 Å². The van der Waals surface area contributed by atoms with Crippen molar-refractivity contribution in [2.24, 2.45) is 5.73 Å². The molecule has 1 unspecified atom stereocenters. The van der Waals surface area contributed by atoms with Crippen molar-refractivity contribution in [1.82, 2.24) is 10.0 Å². The van der Waals surface area contributed by atoms with Gasteiger partial charge in [0.2, 0.25) is 15.9 Å². The Morgan fingerprint density at radius 1 is 1.42 bits per heavy atom. The highest BCUT2D eigenvalue weighted by molar-refractivity contribution is 7.89. The maximum Gasteiger partial charge on any atom is 0.248 e. The summed E-state index contributed by atoms with van der Waals surface area (Å²) in [5.74, 6) is -0.644. The number of nitrogens with one attached hydrogen (secondary N) is 2. The SMILES string of the molecule is Cl.NC(=O)c1cccc(S(=O)(=O)NC2CCNC2)c1. The monoisotopic (exact) mass is 305 g/mol. The van der Waals surface area contributed by atoms with Crippen LogP contribution in [0.25, 0.3) is 0 Å². The summed E-state index contributed by atoms with van der Waals surface area (Å²) in [4.78, 5) is 11.1. The number of hydrogen-bond acceptors (Lipinski definition) is 4. The molecule has 0 spiro atoms. The van der Waals surface area contributed by atoms with Crippen LogP contribution in [-0.2, 0) is 10.0 Å². The van der Waals surface area contributed by atoms with Crippen molar-refractivity contribution < 1.29 is 13.2 Å². The van der Waals surface area contributed by atoms with Crippen molar-refractivity contribution in [2.75, 3.05) is 13.1 Å². The van der Waals surface area contributed by atoms with Crippen LogP contribution in [0.2, 0.25) is 0 Å². The van der Waals surface area contributed by atoms with Crippen molar-refractivity contribution in [1.29, 1.82) is 0 Å². The van der Waals surface area contributed by atoms with Gasteiger partial charge in [-0.1, -0.05) is 6.07 Å². The summed E-state index contributed by atoms with van der Waals surface area (Å²) >= 11 is 0. The Balaban J connectivity index is 0.00000180. The van der Waals surface area contributed by atoms with E-state index in [1.165, 1.54) is 24.3 Å². The molecule has 19 heavy (non-hydrogen) atoms. The molecule has 1 aliphatic rings. The molecular weight excluding hydrogens is 290 g/mol. The van der Waals surface area contributed by atoms with Gasteiger partial charge in [-0.25, -0.2) is 13.1 Å². The van der Waals surface area contributed by atoms with Gasteiger partial charge in [0.1, 0.15) is 0 Å². The van der Waals surface area contributed by atoms with Gasteiger partial charge in [-0.15, -0.1) is 12.4 Å². The average Bonchev–Trinajstić information content (AvgIpc) is 2.81. The number of sulfonamides is 1. The molecule has 1 atom stereocenters. The molecule has 0 saturated carbocycles. The smallest absolute Gasteiger partial charge is 0.248 e. The first-order valence-electron chi connectivity index (χ1n) is 5.62. The summed E-state index contributed by atoms with van der Waals surface area (Å²) < 4.78 is 26.7. The Labute approximate surface area is 118 Å². The van der Waals surface area contributed by atoms with Crippen LogP contribution in [0.4, 0.5) is 0 Å². The number of amides is 1. The molecule has 6 nitrogen and oxygen atoms in total. The third kappa shape index (κ3) is 3.90. The van der Waals surface area contributed by atoms with Crippen molar-refractivity contribution >= 4 is 28.3 Å². The topological polar surface area (TPSA) is 101 Å². The van der Waals surface area contributed by atoms with Crippen LogP contribution in [0.1, 0.15) is 16.8 Å². The van der Waals surface area contributed by atoms with Gasteiger partial charge >= 0.3 is 0 Å². The number of rotatable bonds is 4. The van der Waals surface area contributed by atoms with Crippen molar-refractivity contribution in [3.05, 3.63) is 29.8 Å². The van der Waals surface area contributed by atoms with Gasteiger partial charge in [-0.05, 0) is 31.2 Å². The molecule has 1 heterocycles. The Kier molecular flexibility index (Phi) is 5.30. The molecule has 0 bridgehead atoms. The minimum atomic E-state index is -3.60. The predicted molar refractivity (Wildman–Crippen MR) is 73.8 cm³/mol. The second kappa shape index (κ2) is 6.33. The van der Waals surface area contributed by atoms with E-state index in [9.17, 15) is 13.2 Å². The molecule has 1 amide bonds. The van der Waals surface area contributed by atoms with Crippen LogP contribution < -0.4 is 15.8 Å². The lowest BCUT2D eigenvalue weighted by Gasteiger charge is -2.12. The van der Waals surface area contributed by atoms with Crippen molar-refractivity contribution in [2.45, 2.75) is 17.4 Å². The standard InChI is InChI=1S/C11H15N3O3S.ClH/c12-11(15)8-2-1-3-10(6-8)18(16,17)14-9-4-5-13-7-9;/h1-3,6,9,13-14H,4-5,7H2,(H2,12,15);1H. The fourth-order valence-electron chi connectivity index (χ4n) is 1.86. The normalized spacial score (nSPS) is 18.8. The first kappa shape index (κ1) is 15.9. The summed E-state index contributed by atoms with van der Waals surface area (Å²) in [5, 5.41) is 3.07. The van der Waals surface area contributed by atoms with Gasteiger partial charge in [0.15, 0.2) is 0 Å². The molecule has 0 aromatic heterocycles. The zero-order valence-corrected chi connectivity index (χ0v) is 11.8. The van der Waals surface area contributed by atoms with E-state index in [1.54, 1.807) is 0 Å². The molecule has 1 aliphatic heterocycles. The van der Waals surface area contributed by atoms with Crippen molar-refractivity contribution in [3.63, 3.8) is 0 Å². The lowest BCUT2D eigenvalue weighted by molar-refractivity contribution is 0.1000. The zero-order chi connectivity index (χ0) is 13.2. The zero-order valence-electron chi connectivity index (χ0n) is 10.1. The summed E-state index contributed by atoms with van der Waals surface area (Å²) in [5.41, 5.74) is 5.31. The molecule has 0 radical (unpaired) electrons. The van der Waals surface area contributed by atoms with E-state index in [0.717, 1.165) is 13.0 Å². The van der Waals surface area contributed by atoms with Gasteiger partial charge in [-0.3, -0.25) is 4.79 Å². The molecule has 0 aliphatic carbocycles. The maximum atomic E-state index is 12.1. The highest BCUT2D eigenvalue weighted by Crippen LogP contribution is 2.13. The fourth-order valence-corrected chi connectivity index (χ4v) is 3.18. The molecule has 1 fully saturated rings. The van der Waals surface area contributed by atoms with Crippen LogP contribution in [-0.4, -0.2) is 33.5 Å². The lowest BCUT2D eigenvalue weighted by atomic mass is 10.2. The maximum absolute atomic E-state index is 12.1. The van der Waals surface area contributed by atoms with Crippen molar-refractivity contribution in [3.8, 4) is 0 Å². The summed E-state index contributed by atoms with van der Waals surface area (Å²) in [7, 11) is -3.60. The van der Waals surface area contributed by atoms with E-state index in [2.05, 4.69) is 10.0 Å². The highest BCUT2D eigenvalue weighted by atomic mass is 35.5. The van der Waals surface area contributed by atoms with Crippen LogP contribution in [0.3, 0.4) is 0 Å². The third-order valence-electron chi connectivity index (χ3n) is 2.81. The Morgan fingerprint density at radius 2 is 2.16 bits per heavy atom. The van der Waals surface area contributed by atoms with Crippen LogP contribution in [0, 0.1) is 0 Å². The second-order valence-corrected chi connectivity index (χ2v) is 5.92. The third-order valence-corrected chi connectivity index (χ3v) is 4.33. The lowest BCUT2D eigenvalue weighted by Crippen LogP contribution is -2.36. The number of benzene rings is 1. The van der Waals surface area contributed by atoms with E-state index < -0.39 is 15.9 Å². The fraction of sp³-hybridized carbons (Fsp3) is 0.364. The van der Waals surface area contributed by atoms with E-state index >= 15 is 0 Å². The molecule has 2 rings (SSSR count). The molecule has 4 N–H and O–H groups in total. The van der Waals surface area contributed by atoms with E-state index in [4.69, 9.17) is 5.73 Å². The highest BCUT2D eigenvalue weighted by Gasteiger charge is 2.23. The van der Waals surface area contributed by atoms with Crippen LogP contribution in [0.5, 0.6) is 0 Å². The first-order valence-corrected chi connectivity index (χ1v) is 7.10. The van der Waals surface area contributed by atoms with E-state index in [-0.39, 0.29) is 28.9 Å². The number of carbonyl (C=O) groups excluding carboxylic acids is 1. The largest absolute Gasteiger partial charge is 0.366 e. The quantitative estimate of drug-likeness (QED) is 0.720. The molecule has 1 aromatic carbocycles. The number of nitrogens with two attached hydrogens (primary N) is 1. The molecule has 1 saturated heterocycles. The van der Waals surface area contributed by atoms with E-state index in [1.807, 2.05) is 0 Å². The summed E-state index contributed by atoms with van der Waals surface area (Å²) in [6, 6.07) is 5.61. The summed E-state index contributed by atoms with van der Waals surface area (Å²) in [6.45, 7) is 1.42. The van der Waals surface area contributed by atoms with E-state index in [0.29, 0.717) is 6.54 Å². The Hall–Kier alpha value is -1.15. The average molecular weight is 306 g/mol. The number of carbonyl (C=O) groups is 1. The van der Waals surface area contributed by atoms with Crippen LogP contribution in [0.15, 0.2) is 29.2 Å². The minimum Gasteiger partial charge on any atom is -0.366 e. The van der Waals surface area contributed by atoms with Gasteiger partial charge in [-0.2, -0.15) is 0 Å². The molecule has 106 valence electrons. The number of hydrogen-bond donors (Lipinski definition) is 3. The molecule has 8 heteroatoms. The predicted octanol–water partition coefficient (Wildman–Crippen LogP) is -0.153. The van der Waals surface area contributed by atoms with Crippen LogP contribution >= 0.6 is 12.4 Å².